The summed E-state index contributed by atoms with van der Waals surface area (Å²) >= 11 is 8.36. The number of carbonyl (C=O) groups is 2. The summed E-state index contributed by atoms with van der Waals surface area (Å²) in [5.74, 6) is -0.293. The van der Waals surface area contributed by atoms with Gasteiger partial charge in [0.05, 0.1) is 11.6 Å². The molecule has 1 aliphatic rings. The summed E-state index contributed by atoms with van der Waals surface area (Å²) in [5.41, 5.74) is 0.713. The van der Waals surface area contributed by atoms with Crippen molar-refractivity contribution in [2.75, 3.05) is 13.7 Å². The van der Waals surface area contributed by atoms with Crippen molar-refractivity contribution in [3.63, 3.8) is 0 Å². The largest absolute Gasteiger partial charge is 0.496 e. The summed E-state index contributed by atoms with van der Waals surface area (Å²) in [7, 11) is 1.56. The van der Waals surface area contributed by atoms with Crippen LogP contribution >= 0.6 is 28.1 Å². The molecule has 2 rings (SSSR count). The van der Waals surface area contributed by atoms with Crippen molar-refractivity contribution in [2.45, 2.75) is 0 Å². The van der Waals surface area contributed by atoms with E-state index >= 15 is 0 Å². The molecule has 0 aliphatic carbocycles. The van der Waals surface area contributed by atoms with Crippen molar-refractivity contribution in [2.24, 2.45) is 0 Å². The molecule has 22 heavy (non-hydrogen) atoms. The molecular weight excluding hydrogens is 368 g/mol. The molecule has 1 N–H and O–H groups in total. The third kappa shape index (κ3) is 3.26. The summed E-state index contributed by atoms with van der Waals surface area (Å²) in [6.45, 7) is 3.81. The highest BCUT2D eigenvalue weighted by Gasteiger charge is 2.32. The SMILES string of the molecule is C=CCN1C(=O)C(=Cc2ccc(OC)c(Br)c2)C(=O)NC1=S. The summed E-state index contributed by atoms with van der Waals surface area (Å²) in [4.78, 5) is 25.7. The Labute approximate surface area is 141 Å². The van der Waals surface area contributed by atoms with E-state index in [0.717, 1.165) is 4.47 Å². The number of nitrogens with zero attached hydrogens (tertiary/aromatic N) is 1. The van der Waals surface area contributed by atoms with Gasteiger partial charge in [-0.3, -0.25) is 19.8 Å². The number of rotatable bonds is 4. The van der Waals surface area contributed by atoms with Crippen LogP contribution in [0.5, 0.6) is 5.75 Å². The van der Waals surface area contributed by atoms with Crippen molar-refractivity contribution in [3.05, 3.63) is 46.5 Å². The van der Waals surface area contributed by atoms with E-state index in [4.69, 9.17) is 17.0 Å². The Hall–Kier alpha value is -1.99. The fourth-order valence-corrected chi connectivity index (χ4v) is 2.74. The minimum atomic E-state index is -0.512. The van der Waals surface area contributed by atoms with Crippen molar-refractivity contribution < 1.29 is 14.3 Å². The zero-order chi connectivity index (χ0) is 16.3. The Bertz CT molecular complexity index is 700. The number of methoxy groups -OCH3 is 1. The second-order valence-electron chi connectivity index (χ2n) is 4.42. The number of amides is 2. The number of halogens is 1. The van der Waals surface area contributed by atoms with Gasteiger partial charge in [-0.2, -0.15) is 0 Å². The topological polar surface area (TPSA) is 58.6 Å². The minimum Gasteiger partial charge on any atom is -0.496 e. The molecule has 0 atom stereocenters. The lowest BCUT2D eigenvalue weighted by Gasteiger charge is -2.27. The first-order valence-electron chi connectivity index (χ1n) is 6.31. The Morgan fingerprint density at radius 1 is 1.45 bits per heavy atom. The summed E-state index contributed by atoms with van der Waals surface area (Å²) in [6, 6.07) is 5.26. The highest BCUT2D eigenvalue weighted by atomic mass is 79.9. The molecule has 0 unspecified atom stereocenters. The van der Waals surface area contributed by atoms with Crippen molar-refractivity contribution >= 4 is 51.2 Å². The molecule has 2 amide bonds. The highest BCUT2D eigenvalue weighted by molar-refractivity contribution is 9.10. The van der Waals surface area contributed by atoms with Crippen molar-refractivity contribution in [1.82, 2.24) is 10.2 Å². The first-order valence-corrected chi connectivity index (χ1v) is 7.51. The quantitative estimate of drug-likeness (QED) is 0.376. The molecule has 7 heteroatoms. The average molecular weight is 381 g/mol. The number of hydrogen-bond acceptors (Lipinski definition) is 4. The molecule has 0 aromatic heterocycles. The third-order valence-electron chi connectivity index (χ3n) is 2.98. The maximum atomic E-state index is 12.4. The van der Waals surface area contributed by atoms with Gasteiger partial charge >= 0.3 is 0 Å². The van der Waals surface area contributed by atoms with Crippen LogP contribution in [0.2, 0.25) is 0 Å². The number of thiocarbonyl (C=S) groups is 1. The van der Waals surface area contributed by atoms with Gasteiger partial charge in [-0.05, 0) is 51.9 Å². The Balaban J connectivity index is 2.38. The van der Waals surface area contributed by atoms with Crippen LogP contribution in [0, 0.1) is 0 Å². The maximum Gasteiger partial charge on any atom is 0.265 e. The van der Waals surface area contributed by atoms with Crippen LogP contribution in [0.25, 0.3) is 6.08 Å². The molecule has 0 spiro atoms. The summed E-state index contributed by atoms with van der Waals surface area (Å²) in [6.07, 6.45) is 3.06. The number of nitrogens with one attached hydrogen (secondary N) is 1. The van der Waals surface area contributed by atoms with E-state index in [9.17, 15) is 9.59 Å². The minimum absolute atomic E-state index is 0.0208. The van der Waals surface area contributed by atoms with Crippen LogP contribution in [0.4, 0.5) is 0 Å². The first kappa shape index (κ1) is 16.4. The number of carbonyl (C=O) groups excluding carboxylic acids is 2. The number of ether oxygens (including phenoxy) is 1. The van der Waals surface area contributed by atoms with Gasteiger partial charge in [0.15, 0.2) is 5.11 Å². The van der Waals surface area contributed by atoms with Gasteiger partial charge in [-0.25, -0.2) is 0 Å². The van der Waals surface area contributed by atoms with Gasteiger partial charge in [-0.1, -0.05) is 12.1 Å². The molecular formula is C15H13BrN2O3S. The Morgan fingerprint density at radius 3 is 2.77 bits per heavy atom. The molecule has 0 radical (unpaired) electrons. The highest BCUT2D eigenvalue weighted by Crippen LogP contribution is 2.27. The third-order valence-corrected chi connectivity index (χ3v) is 3.93. The van der Waals surface area contributed by atoms with Gasteiger partial charge < -0.3 is 4.74 Å². The van der Waals surface area contributed by atoms with E-state index in [2.05, 4.69) is 27.8 Å². The second-order valence-corrected chi connectivity index (χ2v) is 5.66. The van der Waals surface area contributed by atoms with Gasteiger partial charge in [-0.15, -0.1) is 6.58 Å². The van der Waals surface area contributed by atoms with Crippen LogP contribution in [0.3, 0.4) is 0 Å². The summed E-state index contributed by atoms with van der Waals surface area (Å²) in [5, 5.41) is 2.58. The van der Waals surface area contributed by atoms with Gasteiger partial charge in [0, 0.05) is 6.54 Å². The number of hydrogen-bond donors (Lipinski definition) is 1. The molecule has 1 heterocycles. The fourth-order valence-electron chi connectivity index (χ4n) is 1.93. The number of benzene rings is 1. The molecule has 1 saturated heterocycles. The molecule has 5 nitrogen and oxygen atoms in total. The molecule has 0 bridgehead atoms. The lowest BCUT2D eigenvalue weighted by Crippen LogP contribution is -2.53. The predicted octanol–water partition coefficient (Wildman–Crippen LogP) is 2.27. The maximum absolute atomic E-state index is 12.4. The van der Waals surface area contributed by atoms with E-state index < -0.39 is 11.8 Å². The van der Waals surface area contributed by atoms with E-state index in [-0.39, 0.29) is 17.2 Å². The second kappa shape index (κ2) is 6.85. The van der Waals surface area contributed by atoms with E-state index in [0.29, 0.717) is 11.3 Å². The monoisotopic (exact) mass is 380 g/mol. The first-order chi connectivity index (χ1) is 10.5. The Morgan fingerprint density at radius 2 is 2.18 bits per heavy atom. The Kier molecular flexibility index (Phi) is 5.10. The lowest BCUT2D eigenvalue weighted by atomic mass is 10.1. The zero-order valence-corrected chi connectivity index (χ0v) is 14.2. The lowest BCUT2D eigenvalue weighted by molar-refractivity contribution is -0.128. The van der Waals surface area contributed by atoms with Gasteiger partial charge in [0.2, 0.25) is 0 Å². The zero-order valence-electron chi connectivity index (χ0n) is 11.8. The molecule has 1 aromatic rings. The molecule has 1 aliphatic heterocycles. The van der Waals surface area contributed by atoms with Crippen LogP contribution in [-0.2, 0) is 9.59 Å². The summed E-state index contributed by atoms with van der Waals surface area (Å²) < 4.78 is 5.87. The predicted molar refractivity (Wildman–Crippen MR) is 91.3 cm³/mol. The van der Waals surface area contributed by atoms with Crippen LogP contribution in [0.15, 0.2) is 40.9 Å². The van der Waals surface area contributed by atoms with Crippen LogP contribution < -0.4 is 10.1 Å². The standard InChI is InChI=1S/C15H13BrN2O3S/c1-3-6-18-14(20)10(13(19)17-15(18)22)7-9-4-5-12(21-2)11(16)8-9/h3-5,7-8H,1,6H2,2H3,(H,17,19,22). The van der Waals surface area contributed by atoms with E-state index in [1.807, 2.05) is 0 Å². The molecule has 1 fully saturated rings. The smallest absolute Gasteiger partial charge is 0.265 e. The normalized spacial score (nSPS) is 16.7. The van der Waals surface area contributed by atoms with Crippen LogP contribution in [-0.4, -0.2) is 35.5 Å². The molecule has 1 aromatic carbocycles. The van der Waals surface area contributed by atoms with Gasteiger partial charge in [0.1, 0.15) is 11.3 Å². The fraction of sp³-hybridized carbons (Fsp3) is 0.133. The van der Waals surface area contributed by atoms with E-state index in [1.165, 1.54) is 11.0 Å². The van der Waals surface area contributed by atoms with E-state index in [1.54, 1.807) is 31.4 Å². The van der Waals surface area contributed by atoms with Gasteiger partial charge in [0.25, 0.3) is 11.8 Å². The average Bonchev–Trinajstić information content (AvgIpc) is 2.48. The van der Waals surface area contributed by atoms with Crippen LogP contribution in [0.1, 0.15) is 5.56 Å². The molecule has 114 valence electrons. The van der Waals surface area contributed by atoms with Crippen molar-refractivity contribution in [1.29, 1.82) is 0 Å². The van der Waals surface area contributed by atoms with Crippen molar-refractivity contribution in [3.8, 4) is 5.75 Å². The molecule has 0 saturated carbocycles.